The lowest BCUT2D eigenvalue weighted by Crippen LogP contribution is -2.32. The molecular weight excluding hydrogens is 411 g/mol. The predicted molar refractivity (Wildman–Crippen MR) is 109 cm³/mol. The van der Waals surface area contributed by atoms with Crippen LogP contribution in [0.15, 0.2) is 41.6 Å². The minimum Gasteiger partial charge on any atom is -0.354 e. The number of hydrogen-bond donors (Lipinski definition) is 1. The predicted octanol–water partition coefficient (Wildman–Crippen LogP) is 3.21. The number of nitrogens with one attached hydrogen (secondary N) is 1. The Kier molecular flexibility index (Phi) is 6.77. The second-order valence-electron chi connectivity index (χ2n) is 7.29. The van der Waals surface area contributed by atoms with Gasteiger partial charge in [-0.15, -0.1) is 0 Å². The van der Waals surface area contributed by atoms with E-state index in [2.05, 4.69) is 15.4 Å². The molecule has 0 unspecified atom stereocenters. The molecule has 0 saturated carbocycles. The molecule has 10 heteroatoms. The number of aromatic nitrogens is 4. The Labute approximate surface area is 176 Å². The number of amides is 1. The molecule has 2 heterocycles. The third kappa shape index (κ3) is 5.12. The smallest absolute Gasteiger partial charge is 0.354 e. The highest BCUT2D eigenvalue weighted by Crippen LogP contribution is 2.29. The van der Waals surface area contributed by atoms with Crippen LogP contribution in [-0.2, 0) is 24.1 Å². The second kappa shape index (κ2) is 9.32. The minimum absolute atomic E-state index is 0.0159. The van der Waals surface area contributed by atoms with E-state index in [0.29, 0.717) is 24.3 Å². The van der Waals surface area contributed by atoms with Gasteiger partial charge in [0.15, 0.2) is 5.65 Å². The number of carbonyl (C=O) groups is 1. The molecule has 1 N–H and O–H groups in total. The van der Waals surface area contributed by atoms with Crippen molar-refractivity contribution < 1.29 is 18.0 Å². The zero-order valence-electron chi connectivity index (χ0n) is 17.3. The minimum atomic E-state index is -4.45. The van der Waals surface area contributed by atoms with E-state index in [1.54, 1.807) is 0 Å². The molecular formula is C21H24F3N5O2. The third-order valence-electron chi connectivity index (χ3n) is 5.21. The molecule has 0 atom stereocenters. The summed E-state index contributed by atoms with van der Waals surface area (Å²) in [7, 11) is 0. The molecule has 31 heavy (non-hydrogen) atoms. The van der Waals surface area contributed by atoms with E-state index >= 15 is 0 Å². The molecule has 1 aromatic carbocycles. The van der Waals surface area contributed by atoms with E-state index in [-0.39, 0.29) is 23.8 Å². The van der Waals surface area contributed by atoms with E-state index in [0.717, 1.165) is 25.0 Å². The van der Waals surface area contributed by atoms with Crippen molar-refractivity contribution in [3.05, 3.63) is 58.3 Å². The lowest BCUT2D eigenvalue weighted by Gasteiger charge is -2.13. The monoisotopic (exact) mass is 435 g/mol. The SMILES string of the molecule is CCC(CC)C(=O)NCCn1ncc2c(=O)n(Cc3cccc(C(F)(F)F)c3)cnc21. The van der Waals surface area contributed by atoms with Crippen LogP contribution >= 0.6 is 0 Å². The highest BCUT2D eigenvalue weighted by molar-refractivity contribution is 5.78. The molecule has 0 aliphatic carbocycles. The van der Waals surface area contributed by atoms with Crippen molar-refractivity contribution in [1.82, 2.24) is 24.6 Å². The quantitative estimate of drug-likeness (QED) is 0.589. The van der Waals surface area contributed by atoms with Gasteiger partial charge in [-0.2, -0.15) is 18.3 Å². The van der Waals surface area contributed by atoms with Crippen LogP contribution in [0.1, 0.15) is 37.8 Å². The van der Waals surface area contributed by atoms with Crippen molar-refractivity contribution >= 4 is 16.9 Å². The average Bonchev–Trinajstić information content (AvgIpc) is 3.14. The molecule has 1 amide bonds. The van der Waals surface area contributed by atoms with Crippen LogP contribution < -0.4 is 10.9 Å². The molecule has 166 valence electrons. The van der Waals surface area contributed by atoms with Gasteiger partial charge in [0.1, 0.15) is 11.7 Å². The molecule has 7 nitrogen and oxygen atoms in total. The Morgan fingerprint density at radius 2 is 1.97 bits per heavy atom. The zero-order valence-corrected chi connectivity index (χ0v) is 17.3. The average molecular weight is 435 g/mol. The standard InChI is InChI=1S/C21H24F3N5O2/c1-3-15(4-2)19(30)25-8-9-29-18-17(11-27-29)20(31)28(13-26-18)12-14-6-5-7-16(10-14)21(22,23)24/h5-7,10-11,13,15H,3-4,8-9,12H2,1-2H3,(H,25,30). The van der Waals surface area contributed by atoms with Crippen molar-refractivity contribution in [2.24, 2.45) is 5.92 Å². The van der Waals surface area contributed by atoms with Crippen molar-refractivity contribution in [2.75, 3.05) is 6.54 Å². The normalized spacial score (nSPS) is 11.9. The number of hydrogen-bond acceptors (Lipinski definition) is 4. The van der Waals surface area contributed by atoms with Gasteiger partial charge in [-0.1, -0.05) is 26.0 Å². The highest BCUT2D eigenvalue weighted by Gasteiger charge is 2.30. The van der Waals surface area contributed by atoms with Gasteiger partial charge in [-0.05, 0) is 30.5 Å². The van der Waals surface area contributed by atoms with Gasteiger partial charge in [0, 0.05) is 12.5 Å². The van der Waals surface area contributed by atoms with Crippen molar-refractivity contribution in [3.8, 4) is 0 Å². The van der Waals surface area contributed by atoms with Gasteiger partial charge < -0.3 is 5.32 Å². The van der Waals surface area contributed by atoms with Gasteiger partial charge in [0.05, 0.1) is 24.8 Å². The highest BCUT2D eigenvalue weighted by atomic mass is 19.4. The van der Waals surface area contributed by atoms with Gasteiger partial charge >= 0.3 is 6.18 Å². The van der Waals surface area contributed by atoms with Crippen LogP contribution in [0.4, 0.5) is 13.2 Å². The Balaban J connectivity index is 1.74. The van der Waals surface area contributed by atoms with E-state index in [1.807, 2.05) is 13.8 Å². The topological polar surface area (TPSA) is 81.8 Å². The molecule has 3 rings (SSSR count). The first kappa shape index (κ1) is 22.5. The Morgan fingerprint density at radius 3 is 2.65 bits per heavy atom. The molecule has 0 saturated heterocycles. The lowest BCUT2D eigenvalue weighted by atomic mass is 10.0. The summed E-state index contributed by atoms with van der Waals surface area (Å²) in [5.74, 6) is -0.0478. The largest absolute Gasteiger partial charge is 0.416 e. The third-order valence-corrected chi connectivity index (χ3v) is 5.21. The number of rotatable bonds is 8. The number of carbonyl (C=O) groups excluding carboxylic acids is 1. The number of nitrogens with zero attached hydrogens (tertiary/aromatic N) is 4. The first-order chi connectivity index (χ1) is 14.7. The first-order valence-electron chi connectivity index (χ1n) is 10.1. The molecule has 0 aliphatic rings. The van der Waals surface area contributed by atoms with Crippen LogP contribution in [0.2, 0.25) is 0 Å². The molecule has 3 aromatic rings. The molecule has 2 aromatic heterocycles. The maximum atomic E-state index is 12.9. The molecule has 0 bridgehead atoms. The number of halogens is 3. The summed E-state index contributed by atoms with van der Waals surface area (Å²) in [5.41, 5.74) is -0.457. The summed E-state index contributed by atoms with van der Waals surface area (Å²) in [5, 5.41) is 7.30. The van der Waals surface area contributed by atoms with Crippen molar-refractivity contribution in [1.29, 1.82) is 0 Å². The fraction of sp³-hybridized carbons (Fsp3) is 0.429. The van der Waals surface area contributed by atoms with Gasteiger partial charge in [-0.25, -0.2) is 9.67 Å². The van der Waals surface area contributed by atoms with Crippen LogP contribution in [0.3, 0.4) is 0 Å². The zero-order chi connectivity index (χ0) is 22.6. The Bertz CT molecular complexity index is 1120. The van der Waals surface area contributed by atoms with Gasteiger partial charge in [0.25, 0.3) is 5.56 Å². The van der Waals surface area contributed by atoms with Crippen LogP contribution in [0.5, 0.6) is 0 Å². The summed E-state index contributed by atoms with van der Waals surface area (Å²) in [6.45, 7) is 4.58. The molecule has 0 radical (unpaired) electrons. The summed E-state index contributed by atoms with van der Waals surface area (Å²) >= 11 is 0. The maximum absolute atomic E-state index is 12.9. The number of fused-ring (bicyclic) bond motifs is 1. The fourth-order valence-corrected chi connectivity index (χ4v) is 3.41. The number of alkyl halides is 3. The lowest BCUT2D eigenvalue weighted by molar-refractivity contribution is -0.137. The molecule has 0 aliphatic heterocycles. The van der Waals surface area contributed by atoms with E-state index < -0.39 is 17.3 Å². The second-order valence-corrected chi connectivity index (χ2v) is 7.29. The summed E-state index contributed by atoms with van der Waals surface area (Å²) in [4.78, 5) is 29.1. The van der Waals surface area contributed by atoms with E-state index in [4.69, 9.17) is 0 Å². The van der Waals surface area contributed by atoms with Crippen LogP contribution in [-0.4, -0.2) is 31.8 Å². The molecule has 0 fully saturated rings. The van der Waals surface area contributed by atoms with Crippen molar-refractivity contribution in [3.63, 3.8) is 0 Å². The summed E-state index contributed by atoms with van der Waals surface area (Å²) in [6.07, 6.45) is -0.240. The van der Waals surface area contributed by atoms with Crippen LogP contribution in [0.25, 0.3) is 11.0 Å². The maximum Gasteiger partial charge on any atom is 0.416 e. The summed E-state index contributed by atoms with van der Waals surface area (Å²) in [6, 6.07) is 4.84. The van der Waals surface area contributed by atoms with Crippen LogP contribution in [0, 0.1) is 5.92 Å². The first-order valence-corrected chi connectivity index (χ1v) is 10.1. The van der Waals surface area contributed by atoms with Crippen molar-refractivity contribution in [2.45, 2.75) is 46.0 Å². The molecule has 0 spiro atoms. The summed E-state index contributed by atoms with van der Waals surface area (Å²) < 4.78 is 41.5. The van der Waals surface area contributed by atoms with Gasteiger partial charge in [0.2, 0.25) is 5.91 Å². The number of benzene rings is 1. The Morgan fingerprint density at radius 1 is 1.23 bits per heavy atom. The fourth-order valence-electron chi connectivity index (χ4n) is 3.41. The van der Waals surface area contributed by atoms with E-state index in [9.17, 15) is 22.8 Å². The van der Waals surface area contributed by atoms with E-state index in [1.165, 1.54) is 33.9 Å². The Hall–Kier alpha value is -3.17. The van der Waals surface area contributed by atoms with Gasteiger partial charge in [-0.3, -0.25) is 14.2 Å².